The average Bonchev–Trinajstić information content (AvgIpc) is 0.809. The van der Waals surface area contributed by atoms with E-state index in [0.717, 1.165) is 152 Å². The maximum Gasteiger partial charge on any atom is 0.294 e. The summed E-state index contributed by atoms with van der Waals surface area (Å²) < 4.78 is 68.5. The third kappa shape index (κ3) is 25.1. The molecule has 26 nitrogen and oxygen atoms in total. The van der Waals surface area contributed by atoms with Crippen LogP contribution in [0.15, 0.2) is 148 Å². The highest BCUT2D eigenvalue weighted by molar-refractivity contribution is 9.11. The van der Waals surface area contributed by atoms with Crippen molar-refractivity contribution in [2.75, 3.05) is 172 Å². The van der Waals surface area contributed by atoms with Gasteiger partial charge < -0.3 is 65.0 Å². The second-order valence-corrected chi connectivity index (χ2v) is 38.5. The summed E-state index contributed by atoms with van der Waals surface area (Å²) in [7, 11) is -1.39. The predicted molar refractivity (Wildman–Crippen MR) is 459 cm³/mol. The first kappa shape index (κ1) is 87.2. The summed E-state index contributed by atoms with van der Waals surface area (Å²) in [6, 6.07) is 27.1. The largest absolute Gasteiger partial charge is 0.495 e. The number of anilines is 9. The van der Waals surface area contributed by atoms with Crippen molar-refractivity contribution in [1.29, 1.82) is 0 Å². The number of aryl methyl sites for hydroxylation is 3. The first-order valence-corrected chi connectivity index (χ1v) is 45.6. The van der Waals surface area contributed by atoms with Gasteiger partial charge in [-0.1, -0.05) is 43.2 Å². The van der Waals surface area contributed by atoms with E-state index in [-0.39, 0.29) is 10.2 Å². The smallest absolute Gasteiger partial charge is 0.294 e. The molecule has 8 heterocycles. The molecule has 0 amide bonds. The summed E-state index contributed by atoms with van der Waals surface area (Å²) >= 11 is 12.8. The molecule has 0 atom stereocenters. The summed E-state index contributed by atoms with van der Waals surface area (Å²) in [5, 5.41) is 19.5. The van der Waals surface area contributed by atoms with Gasteiger partial charge >= 0.3 is 0 Å². The summed E-state index contributed by atoms with van der Waals surface area (Å²) in [6.07, 6.45) is 20.0. The van der Waals surface area contributed by atoms with E-state index in [9.17, 15) is 17.5 Å². The topological polar surface area (TPSA) is 312 Å². The Morgan fingerprint density at radius 3 is 1.43 bits per heavy atom. The molecule has 13 rings (SSSR count). The maximum absolute atomic E-state index is 13.4. The van der Waals surface area contributed by atoms with E-state index in [1.165, 1.54) is 56.8 Å². The number of hydrogen-bond acceptors (Lipinski definition) is 25. The molecule has 0 bridgehead atoms. The zero-order valence-corrected chi connectivity index (χ0v) is 71.9. The van der Waals surface area contributed by atoms with E-state index in [1.54, 1.807) is 103 Å². The number of halogens is 3. The lowest BCUT2D eigenvalue weighted by Crippen LogP contribution is -2.52. The quantitative estimate of drug-likeness (QED) is 0.0190. The van der Waals surface area contributed by atoms with Gasteiger partial charge in [0.15, 0.2) is 0 Å². The molecule has 0 spiro atoms. The van der Waals surface area contributed by atoms with Crippen LogP contribution in [0.5, 0.6) is 11.5 Å². The average molecular weight is 1720 g/mol. The molecule has 4 aliphatic rings. The van der Waals surface area contributed by atoms with Gasteiger partial charge in [-0.15, -0.1) is 0 Å². The van der Waals surface area contributed by atoms with Crippen LogP contribution in [0, 0.1) is 20.8 Å². The fraction of sp³-hybridized carbons (Fsp3) is 0.418. The van der Waals surface area contributed by atoms with Crippen LogP contribution < -0.4 is 51.6 Å². The van der Waals surface area contributed by atoms with Gasteiger partial charge in [0.2, 0.25) is 11.2 Å². The van der Waals surface area contributed by atoms with Crippen molar-refractivity contribution in [2.45, 2.75) is 83.2 Å². The van der Waals surface area contributed by atoms with Crippen LogP contribution in [0.3, 0.4) is 0 Å². The van der Waals surface area contributed by atoms with Gasteiger partial charge in [0.05, 0.1) is 74.6 Å². The Morgan fingerprint density at radius 2 is 1.02 bits per heavy atom. The van der Waals surface area contributed by atoms with Crippen LogP contribution in [0.4, 0.5) is 51.7 Å². The van der Waals surface area contributed by atoms with Gasteiger partial charge in [-0.2, -0.15) is 18.4 Å². The zero-order chi connectivity index (χ0) is 80.2. The summed E-state index contributed by atoms with van der Waals surface area (Å²) in [4.78, 5) is 49.4. The fourth-order valence-corrected chi connectivity index (χ4v) is 16.7. The minimum absolute atomic E-state index is 0.0666. The molecule has 5 aromatic carbocycles. The molecule has 9 aromatic rings. The van der Waals surface area contributed by atoms with E-state index in [4.69, 9.17) is 41.5 Å². The lowest BCUT2D eigenvalue weighted by atomic mass is 10.0. The Kier molecular flexibility index (Phi) is 32.1. The molecule has 111 heavy (non-hydrogen) atoms. The molecule has 4 fully saturated rings. The Balaban J connectivity index is 0.000000185. The lowest BCUT2D eigenvalue weighted by Gasteiger charge is -2.42. The minimum Gasteiger partial charge on any atom is -0.495 e. The number of hydrogen-bond donors (Lipinski definition) is 6. The number of methoxy groups -OCH3 is 2. The molecule has 32 heteroatoms. The minimum atomic E-state index is -4.02. The number of nitrogens with two attached hydrogens (primary N) is 1. The monoisotopic (exact) mass is 1720 g/mol. The van der Waals surface area contributed by atoms with Crippen LogP contribution in [0.25, 0.3) is 22.5 Å². The number of nitrogens with zero attached hydrogens (tertiary/aromatic N) is 14. The predicted octanol–water partition coefficient (Wildman–Crippen LogP) is 14.1. The Bertz CT molecular complexity index is 4740. The van der Waals surface area contributed by atoms with E-state index in [2.05, 4.69) is 159 Å². The van der Waals surface area contributed by atoms with E-state index in [0.29, 0.717) is 61.2 Å². The number of aromatic nitrogens is 8. The molecule has 7 N–H and O–H groups in total. The van der Waals surface area contributed by atoms with Crippen molar-refractivity contribution < 1.29 is 36.7 Å². The fourth-order valence-electron chi connectivity index (χ4n) is 13.2. The molecule has 0 unspecified atom stereocenters. The van der Waals surface area contributed by atoms with Crippen LogP contribution in [-0.4, -0.2) is 230 Å². The van der Waals surface area contributed by atoms with Crippen LogP contribution >= 0.6 is 57.7 Å². The van der Waals surface area contributed by atoms with Gasteiger partial charge in [-0.05, 0) is 197 Å². The number of piperidine rings is 2. The van der Waals surface area contributed by atoms with Crippen molar-refractivity contribution >= 4 is 130 Å². The zero-order valence-electron chi connectivity index (χ0n) is 65.4. The Labute approximate surface area is 676 Å². The number of aliphatic hydroxyl groups is 1. The second-order valence-electron chi connectivity index (χ2n) is 28.6. The van der Waals surface area contributed by atoms with Crippen molar-refractivity contribution in [2.24, 2.45) is 0 Å². The number of likely N-dealkylation sites (N-methyl/N-ethyl adjacent to an activating group) is 2. The molecular weight excluding hydrogens is 1620 g/mol. The van der Waals surface area contributed by atoms with Crippen molar-refractivity contribution in [1.82, 2.24) is 59.5 Å². The first-order chi connectivity index (χ1) is 52.9. The molecule has 4 aromatic heterocycles. The normalized spacial score (nSPS) is 15.6. The number of aliphatic hydroxyl groups excluding tert-OH is 1. The highest BCUT2D eigenvalue weighted by Crippen LogP contribution is 2.43. The molecule has 0 radical (unpaired) electrons. The van der Waals surface area contributed by atoms with Crippen molar-refractivity contribution in [3.63, 3.8) is 0 Å². The Morgan fingerprint density at radius 1 is 0.568 bits per heavy atom. The molecule has 4 aliphatic heterocycles. The van der Waals surface area contributed by atoms with Crippen molar-refractivity contribution in [3.8, 4) is 34.0 Å². The third-order valence-electron chi connectivity index (χ3n) is 19.7. The van der Waals surface area contributed by atoms with E-state index in [1.807, 2.05) is 55.5 Å². The van der Waals surface area contributed by atoms with Crippen molar-refractivity contribution in [3.05, 3.63) is 165 Å². The number of rotatable bonds is 19. The van der Waals surface area contributed by atoms with Gasteiger partial charge in [-0.25, -0.2) is 9.97 Å². The number of nitrogens with one attached hydrogen (secondary N) is 3. The highest BCUT2D eigenvalue weighted by Gasteiger charge is 2.31. The Hall–Kier alpha value is -7.76. The second kappa shape index (κ2) is 40.8. The summed E-state index contributed by atoms with van der Waals surface area (Å²) in [6.45, 7) is 29.0. The molecular formula is C79H105Br2ClN18O8P2S. The van der Waals surface area contributed by atoms with E-state index < -0.39 is 24.4 Å². The first-order valence-electron chi connectivity index (χ1n) is 37.0. The number of unbranched alkanes of at least 4 members (excludes halogenated alkanes) is 1. The SMILES string of the molecule is CCCCO.COc1cc(N)c(C)cc1N1CCC(N2CCN(C)CC2)CC1.COc1cc(Nc2ncc(Br)c(Nc3ccc(-c4cnccn4)cc3P(C)(C)=O)n2)c(C)cc1N1CCC(N2CCN(C)CC2)CC1.CP(C)(=O)c1cc(-c2cnccn2)ccc1Nc1nc(Cl)ncc1Br.Cc1ccc(S(=O)(=O)O)cc1. The maximum atomic E-state index is 13.4. The van der Waals surface area contributed by atoms with Crippen LogP contribution in [-0.2, 0) is 19.2 Å². The number of benzene rings is 5. The summed E-state index contributed by atoms with van der Waals surface area (Å²) in [5.74, 6) is 3.19. The van der Waals surface area contributed by atoms with Crippen LogP contribution in [0.1, 0.15) is 62.1 Å². The van der Waals surface area contributed by atoms with Gasteiger partial charge in [0.25, 0.3) is 10.1 Å². The lowest BCUT2D eigenvalue weighted by molar-refractivity contribution is 0.0981. The number of ether oxygens (including phenoxy) is 2. The number of piperazine rings is 2. The molecule has 0 saturated carbocycles. The standard InChI is InChI=1S/C34H43BrN9O2P.C18H30N4O.C16H14BrClN5OP.C7H8O3S.C4H10O/c1-23-18-30(44-12-8-25(9-13-44)43-16-14-42(2)15-17-43)31(46-3)20-28(23)40-34-38-21-26(35)33(41-34)39-27-7-6-24(19-32(27)47(4,5)45)29-22-36-10-11-37-29;1-14-12-17(18(23-3)13-16(14)19)22-6-4-15(5-7-22)21-10-8-20(2)9-11-21;1-25(2,24)14-7-10(13-9-19-5-6-20-13)3-4-12(14)22-15-11(17)8-21-16(18)23-15;1-6-2-4-7(5-3-6)11(8,9)10;1-2-3-4-5/h6-7,10-11,18-22,25H,8-9,12-17H2,1-5H3,(H2,38,39,40,41);12-13,15H,4-11,19H2,1-3H3;3-9H,1-2H3,(H,21,22,23);2-5H,1H3,(H,8,9,10);5H,2-4H2,1H3. The van der Waals surface area contributed by atoms with E-state index >= 15 is 0 Å². The number of nitrogen functional groups attached to an aromatic ring is 1. The van der Waals surface area contributed by atoms with Gasteiger partial charge in [0.1, 0.15) is 37.4 Å². The third-order valence-corrected chi connectivity index (χ3v) is 25.0. The molecule has 596 valence electrons. The highest BCUT2D eigenvalue weighted by atomic mass is 79.9. The van der Waals surface area contributed by atoms with Gasteiger partial charge in [0, 0.05) is 180 Å². The molecule has 4 saturated heterocycles. The van der Waals surface area contributed by atoms with Gasteiger partial charge in [-0.3, -0.25) is 34.3 Å². The van der Waals surface area contributed by atoms with Crippen LogP contribution in [0.2, 0.25) is 5.28 Å². The molecule has 0 aliphatic carbocycles. The summed E-state index contributed by atoms with van der Waals surface area (Å²) in [5.41, 5.74) is 17.7.